The number of ether oxygens (including phenoxy) is 2. The van der Waals surface area contributed by atoms with Gasteiger partial charge in [0.2, 0.25) is 0 Å². The molecule has 0 atom stereocenters. The molecule has 8 nitrogen and oxygen atoms in total. The van der Waals surface area contributed by atoms with E-state index >= 15 is 0 Å². The molecule has 0 spiro atoms. The van der Waals surface area contributed by atoms with Crippen molar-refractivity contribution in [3.63, 3.8) is 0 Å². The first kappa shape index (κ1) is 23.5. The number of fused-ring (bicyclic) bond motifs is 1. The Morgan fingerprint density at radius 1 is 1.24 bits per heavy atom. The van der Waals surface area contributed by atoms with Gasteiger partial charge in [-0.05, 0) is 39.0 Å². The number of aromatic nitrogens is 2. The van der Waals surface area contributed by atoms with Crippen molar-refractivity contribution < 1.29 is 27.1 Å². The molecule has 11 heteroatoms. The van der Waals surface area contributed by atoms with E-state index in [1.54, 1.807) is 27.1 Å². The number of hydrogen-bond acceptors (Lipinski definition) is 7. The van der Waals surface area contributed by atoms with Crippen molar-refractivity contribution in [3.05, 3.63) is 35.6 Å². The Labute approximate surface area is 195 Å². The summed E-state index contributed by atoms with van der Waals surface area (Å²) in [5.74, 6) is -0.148. The fourth-order valence-electron chi connectivity index (χ4n) is 3.65. The van der Waals surface area contributed by atoms with Gasteiger partial charge in [0.25, 0.3) is 5.19 Å². The van der Waals surface area contributed by atoms with Crippen molar-refractivity contribution in [2.45, 2.75) is 50.2 Å². The molecule has 0 unspecified atom stereocenters. The molecular weight excluding hydrogens is 469 g/mol. The number of amides is 1. The Kier molecular flexibility index (Phi) is 6.12. The average molecular weight is 496 g/mol. The van der Waals surface area contributed by atoms with Gasteiger partial charge in [0.05, 0.1) is 10.4 Å². The van der Waals surface area contributed by atoms with Crippen LogP contribution in [0.3, 0.4) is 0 Å². The van der Waals surface area contributed by atoms with E-state index < -0.39 is 21.3 Å². The summed E-state index contributed by atoms with van der Waals surface area (Å²) < 4.78 is 51.3. The van der Waals surface area contributed by atoms with Crippen LogP contribution in [0.1, 0.15) is 33.6 Å². The Bertz CT molecular complexity index is 1290. The SMILES string of the molecule is CC(C)(C)OC(=O)N1CCC(Oc2nc(-n3ccc4cc(S(C)(=O)=O)cc(F)c43)cs2)CC1. The largest absolute Gasteiger partial charge is 0.467 e. The van der Waals surface area contributed by atoms with Crippen LogP contribution in [-0.2, 0) is 14.6 Å². The van der Waals surface area contributed by atoms with Crippen LogP contribution in [-0.4, -0.2) is 60.0 Å². The number of likely N-dealkylation sites (tertiary alicyclic amines) is 1. The predicted molar refractivity (Wildman–Crippen MR) is 123 cm³/mol. The lowest BCUT2D eigenvalue weighted by Gasteiger charge is -2.33. The second kappa shape index (κ2) is 8.60. The van der Waals surface area contributed by atoms with Crippen molar-refractivity contribution in [3.8, 4) is 11.0 Å². The highest BCUT2D eigenvalue weighted by Gasteiger charge is 2.28. The molecule has 33 heavy (non-hydrogen) atoms. The van der Waals surface area contributed by atoms with Gasteiger partial charge < -0.3 is 14.4 Å². The molecule has 1 aromatic carbocycles. The number of halogens is 1. The zero-order valence-electron chi connectivity index (χ0n) is 18.9. The van der Waals surface area contributed by atoms with Gasteiger partial charge in [-0.15, -0.1) is 0 Å². The van der Waals surface area contributed by atoms with E-state index in [0.717, 1.165) is 12.3 Å². The van der Waals surface area contributed by atoms with E-state index in [4.69, 9.17) is 9.47 Å². The highest BCUT2D eigenvalue weighted by atomic mass is 32.2. The number of thiazole rings is 1. The number of benzene rings is 1. The van der Waals surface area contributed by atoms with Crippen LogP contribution in [0.25, 0.3) is 16.7 Å². The predicted octanol–water partition coefficient (Wildman–Crippen LogP) is 4.41. The number of rotatable bonds is 4. The summed E-state index contributed by atoms with van der Waals surface area (Å²) >= 11 is 1.30. The second-order valence-corrected chi connectivity index (χ2v) is 11.9. The van der Waals surface area contributed by atoms with Crippen molar-refractivity contribution in [2.75, 3.05) is 19.3 Å². The van der Waals surface area contributed by atoms with Crippen LogP contribution < -0.4 is 4.74 Å². The quantitative estimate of drug-likeness (QED) is 0.533. The van der Waals surface area contributed by atoms with Crippen LogP contribution in [0.2, 0.25) is 0 Å². The molecule has 4 rings (SSSR count). The second-order valence-electron chi connectivity index (χ2n) is 9.06. The zero-order chi connectivity index (χ0) is 24.0. The van der Waals surface area contributed by atoms with Gasteiger partial charge in [-0.25, -0.2) is 17.6 Å². The topological polar surface area (TPSA) is 90.7 Å². The summed E-state index contributed by atoms with van der Waals surface area (Å²) in [5.41, 5.74) is -0.277. The van der Waals surface area contributed by atoms with E-state index in [1.807, 2.05) is 20.8 Å². The van der Waals surface area contributed by atoms with Gasteiger partial charge in [-0.2, -0.15) is 4.98 Å². The van der Waals surface area contributed by atoms with Gasteiger partial charge in [0, 0.05) is 49.2 Å². The minimum atomic E-state index is -3.52. The van der Waals surface area contributed by atoms with E-state index in [2.05, 4.69) is 4.98 Å². The van der Waals surface area contributed by atoms with E-state index in [0.29, 0.717) is 42.3 Å². The number of carbonyl (C=O) groups excluding carboxylic acids is 1. The summed E-state index contributed by atoms with van der Waals surface area (Å²) in [5, 5.41) is 2.69. The zero-order valence-corrected chi connectivity index (χ0v) is 20.5. The standard InChI is InChI=1S/C22H26FN3O5S2/c1-22(2,3)31-21(27)25-8-6-15(7-9-25)30-20-24-18(13-32-20)26-10-5-14-11-16(33(4,28)29)12-17(23)19(14)26/h5,10-13,15H,6-9H2,1-4H3. The fourth-order valence-corrected chi connectivity index (χ4v) is 5.02. The van der Waals surface area contributed by atoms with Gasteiger partial charge in [-0.1, -0.05) is 11.3 Å². The number of nitrogens with zero attached hydrogens (tertiary/aromatic N) is 3. The Morgan fingerprint density at radius 3 is 2.58 bits per heavy atom. The monoisotopic (exact) mass is 495 g/mol. The van der Waals surface area contributed by atoms with Crippen LogP contribution in [0, 0.1) is 5.82 Å². The minimum absolute atomic E-state index is 0.0646. The third-order valence-electron chi connectivity index (χ3n) is 5.22. The van der Waals surface area contributed by atoms with E-state index in [9.17, 15) is 17.6 Å². The number of sulfone groups is 1. The van der Waals surface area contributed by atoms with Crippen LogP contribution in [0.15, 0.2) is 34.7 Å². The Morgan fingerprint density at radius 2 is 1.94 bits per heavy atom. The summed E-state index contributed by atoms with van der Waals surface area (Å²) in [7, 11) is -3.52. The van der Waals surface area contributed by atoms with Gasteiger partial charge in [0.1, 0.15) is 17.5 Å². The Balaban J connectivity index is 1.44. The smallest absolute Gasteiger partial charge is 0.410 e. The summed E-state index contributed by atoms with van der Waals surface area (Å²) in [6.07, 6.45) is 3.61. The lowest BCUT2D eigenvalue weighted by atomic mass is 10.1. The van der Waals surface area contributed by atoms with Gasteiger partial charge in [-0.3, -0.25) is 4.57 Å². The van der Waals surface area contributed by atoms with E-state index in [-0.39, 0.29) is 22.6 Å². The molecule has 178 valence electrons. The lowest BCUT2D eigenvalue weighted by Crippen LogP contribution is -2.44. The number of piperidine rings is 1. The first-order chi connectivity index (χ1) is 15.4. The van der Waals surface area contributed by atoms with Crippen molar-refractivity contribution in [1.82, 2.24) is 14.5 Å². The maximum Gasteiger partial charge on any atom is 0.410 e. The number of hydrogen-bond donors (Lipinski definition) is 0. The lowest BCUT2D eigenvalue weighted by molar-refractivity contribution is 0.0126. The molecule has 1 aliphatic rings. The molecule has 1 saturated heterocycles. The van der Waals surface area contributed by atoms with Crippen LogP contribution in [0.4, 0.5) is 9.18 Å². The average Bonchev–Trinajstić information content (AvgIpc) is 3.33. The fraction of sp³-hybridized carbons (Fsp3) is 0.455. The van der Waals surface area contributed by atoms with E-state index in [1.165, 1.54) is 17.4 Å². The maximum atomic E-state index is 14.8. The molecule has 3 aromatic rings. The van der Waals surface area contributed by atoms with Gasteiger partial charge in [0.15, 0.2) is 15.7 Å². The molecular formula is C22H26FN3O5S2. The highest BCUT2D eigenvalue weighted by molar-refractivity contribution is 7.90. The molecule has 1 amide bonds. The molecule has 0 radical (unpaired) electrons. The van der Waals surface area contributed by atoms with Gasteiger partial charge >= 0.3 is 6.09 Å². The third kappa shape index (κ3) is 5.30. The summed E-state index contributed by atoms with van der Waals surface area (Å²) in [6, 6.07) is 4.13. The summed E-state index contributed by atoms with van der Waals surface area (Å²) in [6.45, 7) is 6.59. The first-order valence-corrected chi connectivity index (χ1v) is 13.3. The third-order valence-corrected chi connectivity index (χ3v) is 7.03. The first-order valence-electron chi connectivity index (χ1n) is 10.5. The van der Waals surface area contributed by atoms with Crippen LogP contribution in [0.5, 0.6) is 5.19 Å². The minimum Gasteiger partial charge on any atom is -0.467 e. The number of carbonyl (C=O) groups is 1. The molecule has 0 bridgehead atoms. The van der Waals surface area contributed by atoms with Crippen molar-refractivity contribution >= 4 is 38.2 Å². The molecule has 0 aliphatic carbocycles. The molecule has 2 aromatic heterocycles. The maximum absolute atomic E-state index is 14.8. The molecule has 1 aliphatic heterocycles. The molecule has 1 fully saturated rings. The molecule has 3 heterocycles. The van der Waals surface area contributed by atoms with Crippen molar-refractivity contribution in [2.24, 2.45) is 0 Å². The Hall–Kier alpha value is -2.66. The highest BCUT2D eigenvalue weighted by Crippen LogP contribution is 2.30. The summed E-state index contributed by atoms with van der Waals surface area (Å²) in [4.78, 5) is 18.3. The van der Waals surface area contributed by atoms with Crippen LogP contribution >= 0.6 is 11.3 Å². The normalized spacial score (nSPS) is 15.7. The molecule has 0 N–H and O–H groups in total. The molecule has 0 saturated carbocycles. The van der Waals surface area contributed by atoms with Crippen molar-refractivity contribution in [1.29, 1.82) is 0 Å².